The molecule has 0 fully saturated rings. The van der Waals surface area contributed by atoms with Crippen molar-refractivity contribution in [1.82, 2.24) is 0 Å². The topological polar surface area (TPSA) is 114 Å². The van der Waals surface area contributed by atoms with Crippen LogP contribution in [0.15, 0.2) is 107 Å². The molecule has 0 spiro atoms. The summed E-state index contributed by atoms with van der Waals surface area (Å²) in [4.78, 5) is -0.366. The van der Waals surface area contributed by atoms with Crippen molar-refractivity contribution in [2.24, 2.45) is 0 Å². The second-order valence-electron chi connectivity index (χ2n) is 11.6. The van der Waals surface area contributed by atoms with E-state index in [2.05, 4.69) is 62.4 Å². The quantitative estimate of drug-likeness (QED) is 0.0935. The van der Waals surface area contributed by atoms with Gasteiger partial charge in [0.25, 0.3) is 0 Å². The minimum absolute atomic E-state index is 0. The van der Waals surface area contributed by atoms with E-state index in [-0.39, 0.29) is 68.9 Å². The molecule has 0 aliphatic carbocycles. The molecule has 0 radical (unpaired) electrons. The van der Waals surface area contributed by atoms with Crippen LogP contribution in [0.2, 0.25) is 0 Å². The first kappa shape index (κ1) is 42.7. The van der Waals surface area contributed by atoms with Gasteiger partial charge in [-0.25, -0.2) is 16.8 Å². The van der Waals surface area contributed by atoms with Gasteiger partial charge in [0.05, 0.1) is 9.79 Å². The Labute approximate surface area is 329 Å². The first-order valence-electron chi connectivity index (χ1n) is 15.2. The average Bonchev–Trinajstić information content (AvgIpc) is 2.98. The molecule has 0 bridgehead atoms. The molecule has 4 aromatic carbocycles. The zero-order valence-corrected chi connectivity index (χ0v) is 35.2. The fourth-order valence-electron chi connectivity index (χ4n) is 5.39. The van der Waals surface area contributed by atoms with E-state index in [1.54, 1.807) is 24.3 Å². The standard InChI is InChI=1S/C35H42O6P2S2.2Na/c1-26(42-32-17-9-28(10-18-32)5-3-7-30-13-21-34(22-14-30)44(36,37)38)25-27(2)43-33-19-11-29(12-20-33)6-4-8-31-15-23-35(24-16-31)45(39,40)41;;/h9-24,26-27,42-43H,3-8,25H2,1-2H3,(H,36,37,38)(H,39,40,41);;/q;2*+1/p-2. The van der Waals surface area contributed by atoms with Crippen molar-refractivity contribution in [2.45, 2.75) is 79.9 Å². The number of rotatable bonds is 16. The minimum Gasteiger partial charge on any atom is -0.744 e. The van der Waals surface area contributed by atoms with Gasteiger partial charge in [0.15, 0.2) is 0 Å². The normalized spacial score (nSPS) is 13.4. The fraction of sp³-hybridized carbons (Fsp3) is 0.314. The zero-order chi connectivity index (χ0) is 32.5. The Morgan fingerprint density at radius 2 is 0.745 bits per heavy atom. The van der Waals surface area contributed by atoms with Crippen LogP contribution in [0.3, 0.4) is 0 Å². The third kappa shape index (κ3) is 15.1. The molecule has 12 heteroatoms. The van der Waals surface area contributed by atoms with Crippen LogP contribution in [0, 0.1) is 0 Å². The van der Waals surface area contributed by atoms with Crippen molar-refractivity contribution in [3.05, 3.63) is 119 Å². The molecule has 240 valence electrons. The molecular formula is C35H40Na2O6P2S2. The van der Waals surface area contributed by atoms with Crippen LogP contribution in [-0.4, -0.2) is 37.3 Å². The molecule has 0 amide bonds. The van der Waals surface area contributed by atoms with E-state index in [1.165, 1.54) is 52.4 Å². The summed E-state index contributed by atoms with van der Waals surface area (Å²) in [6, 6.07) is 30.3. The third-order valence-electron chi connectivity index (χ3n) is 7.73. The predicted octanol–water partition coefficient (Wildman–Crippen LogP) is 0.328. The van der Waals surface area contributed by atoms with Crippen LogP contribution in [0.4, 0.5) is 0 Å². The van der Waals surface area contributed by atoms with E-state index < -0.39 is 20.2 Å². The number of hydrogen-bond donors (Lipinski definition) is 0. The van der Waals surface area contributed by atoms with Crippen molar-refractivity contribution in [3.8, 4) is 0 Å². The Hall–Kier alpha value is -0.440. The van der Waals surface area contributed by atoms with Gasteiger partial charge < -0.3 is 9.11 Å². The van der Waals surface area contributed by atoms with Gasteiger partial charge in [0.2, 0.25) is 0 Å². The minimum atomic E-state index is -4.40. The first-order chi connectivity index (χ1) is 21.3. The molecule has 4 aromatic rings. The summed E-state index contributed by atoms with van der Waals surface area (Å²) in [6.07, 6.45) is 6.65. The molecule has 4 unspecified atom stereocenters. The first-order valence-corrected chi connectivity index (χ1v) is 20.1. The molecule has 0 aromatic heterocycles. The second-order valence-corrected chi connectivity index (χ2v) is 18.1. The summed E-state index contributed by atoms with van der Waals surface area (Å²) in [5.74, 6) is 0. The van der Waals surface area contributed by atoms with Crippen LogP contribution in [-0.2, 0) is 45.9 Å². The maximum atomic E-state index is 11.1. The van der Waals surface area contributed by atoms with E-state index in [0.717, 1.165) is 66.8 Å². The van der Waals surface area contributed by atoms with Crippen molar-refractivity contribution in [3.63, 3.8) is 0 Å². The predicted molar refractivity (Wildman–Crippen MR) is 185 cm³/mol. The summed E-state index contributed by atoms with van der Waals surface area (Å²) >= 11 is 0. The van der Waals surface area contributed by atoms with Crippen LogP contribution >= 0.6 is 17.2 Å². The molecule has 4 rings (SSSR count). The van der Waals surface area contributed by atoms with E-state index >= 15 is 0 Å². The monoisotopic (exact) mass is 728 g/mol. The van der Waals surface area contributed by atoms with Crippen molar-refractivity contribution in [1.29, 1.82) is 0 Å². The van der Waals surface area contributed by atoms with Crippen LogP contribution in [0.25, 0.3) is 0 Å². The van der Waals surface area contributed by atoms with E-state index in [0.29, 0.717) is 11.3 Å². The van der Waals surface area contributed by atoms with Gasteiger partial charge in [-0.05, 0) is 113 Å². The van der Waals surface area contributed by atoms with Gasteiger partial charge in [-0.1, -0.05) is 104 Å². The molecule has 6 nitrogen and oxygen atoms in total. The molecule has 47 heavy (non-hydrogen) atoms. The molecule has 0 saturated carbocycles. The van der Waals surface area contributed by atoms with Crippen molar-refractivity contribution >= 4 is 48.0 Å². The maximum Gasteiger partial charge on any atom is 1.00 e. The molecule has 0 saturated heterocycles. The van der Waals surface area contributed by atoms with Gasteiger partial charge in [0, 0.05) is 0 Å². The smallest absolute Gasteiger partial charge is 0.744 e. The summed E-state index contributed by atoms with van der Waals surface area (Å²) in [5, 5.41) is 2.76. The van der Waals surface area contributed by atoms with Crippen molar-refractivity contribution in [2.75, 3.05) is 0 Å². The Balaban J connectivity index is 0.00000384. The summed E-state index contributed by atoms with van der Waals surface area (Å²) < 4.78 is 66.5. The van der Waals surface area contributed by atoms with E-state index in [4.69, 9.17) is 0 Å². The third-order valence-corrected chi connectivity index (χ3v) is 12.2. The van der Waals surface area contributed by atoms with Crippen LogP contribution < -0.4 is 69.7 Å². The van der Waals surface area contributed by atoms with Crippen LogP contribution in [0.5, 0.6) is 0 Å². The second kappa shape index (κ2) is 20.4. The average molecular weight is 729 g/mol. The Morgan fingerprint density at radius 1 is 0.489 bits per heavy atom. The molecular weight excluding hydrogens is 688 g/mol. The Bertz CT molecular complexity index is 1600. The molecule has 0 heterocycles. The summed E-state index contributed by atoms with van der Waals surface area (Å²) in [6.45, 7) is 4.68. The van der Waals surface area contributed by atoms with Crippen molar-refractivity contribution < 1.29 is 85.1 Å². The van der Waals surface area contributed by atoms with E-state index in [9.17, 15) is 25.9 Å². The molecule has 4 atom stereocenters. The molecule has 0 aliphatic rings. The maximum absolute atomic E-state index is 11.1. The largest absolute Gasteiger partial charge is 1.00 e. The number of hydrogen-bond acceptors (Lipinski definition) is 6. The van der Waals surface area contributed by atoms with Gasteiger partial charge in [-0.15, -0.1) is 0 Å². The van der Waals surface area contributed by atoms with Gasteiger partial charge in [0.1, 0.15) is 20.2 Å². The van der Waals surface area contributed by atoms with Crippen LogP contribution in [0.1, 0.15) is 55.4 Å². The van der Waals surface area contributed by atoms with E-state index in [1.807, 2.05) is 0 Å². The zero-order valence-electron chi connectivity index (χ0n) is 27.6. The molecule has 0 N–H and O–H groups in total. The Kier molecular flexibility index (Phi) is 18.6. The van der Waals surface area contributed by atoms with Gasteiger partial charge in [-0.2, -0.15) is 0 Å². The number of aryl methyl sites for hydroxylation is 4. The fourth-order valence-corrected chi connectivity index (χ4v) is 9.36. The number of benzene rings is 4. The SMILES string of the molecule is CC(CC(C)Pc1ccc(CCCc2ccc(S(=O)(=O)[O-])cc2)cc1)Pc1ccc(CCCc2ccc(S(=O)(=O)[O-])cc2)cc1.[Na+].[Na+]. The summed E-state index contributed by atoms with van der Waals surface area (Å²) in [5.41, 5.74) is 5.86. The van der Waals surface area contributed by atoms with Gasteiger partial charge >= 0.3 is 59.1 Å². The molecule has 0 aliphatic heterocycles. The Morgan fingerprint density at radius 3 is 1.00 bits per heavy atom. The van der Waals surface area contributed by atoms with Gasteiger partial charge in [-0.3, -0.25) is 0 Å². The summed E-state index contributed by atoms with van der Waals surface area (Å²) in [7, 11) is -7.26.